The molecule has 4 N–H and O–H groups in total. The molecule has 10 nitrogen and oxygen atoms in total. The zero-order valence-corrected chi connectivity index (χ0v) is 23.5. The summed E-state index contributed by atoms with van der Waals surface area (Å²) in [6, 6.07) is 14.7. The Morgan fingerprint density at radius 2 is 1.90 bits per heavy atom. The molecule has 3 aromatic rings. The number of rotatable bonds is 15. The normalized spacial score (nSPS) is 14.4. The number of fused-ring (bicyclic) bond motifs is 1. The summed E-state index contributed by atoms with van der Waals surface area (Å²) in [6.45, 7) is 2.69. The first-order valence-corrected chi connectivity index (χ1v) is 14.1. The molecule has 0 unspecified atom stereocenters. The van der Waals surface area contributed by atoms with Crippen molar-refractivity contribution in [3.05, 3.63) is 66.0 Å². The average Bonchev–Trinajstić information content (AvgIpc) is 2.97. The molecule has 1 aliphatic heterocycles. The maximum atomic E-state index is 12.1. The highest BCUT2D eigenvalue weighted by molar-refractivity contribution is 5.77. The molecule has 0 aliphatic carbocycles. The van der Waals surface area contributed by atoms with Gasteiger partial charge >= 0.3 is 5.97 Å². The summed E-state index contributed by atoms with van der Waals surface area (Å²) in [4.78, 5) is 29.7. The predicted octanol–water partition coefficient (Wildman–Crippen LogP) is 3.36. The number of hydrogen-bond acceptors (Lipinski definition) is 9. The molecule has 0 amide bonds. The molecular formula is C30H41N7O3. The average molecular weight is 548 g/mol. The van der Waals surface area contributed by atoms with Crippen LogP contribution in [-0.4, -0.2) is 93.5 Å². The van der Waals surface area contributed by atoms with Gasteiger partial charge in [0.2, 0.25) is 0 Å². The summed E-state index contributed by atoms with van der Waals surface area (Å²) < 4.78 is 0. The molecule has 10 heteroatoms. The number of aliphatic hydroxyl groups excluding tert-OH is 1. The lowest BCUT2D eigenvalue weighted by Gasteiger charge is -2.29. The van der Waals surface area contributed by atoms with Crippen molar-refractivity contribution in [3.63, 3.8) is 0 Å². The van der Waals surface area contributed by atoms with Crippen molar-refractivity contribution >= 4 is 17.6 Å². The second-order valence-corrected chi connectivity index (χ2v) is 10.5. The number of nitrogens with zero attached hydrogens (tertiary/aromatic N) is 5. The first-order valence-electron chi connectivity index (χ1n) is 14.1. The Bertz CT molecular complexity index is 1220. The minimum atomic E-state index is -0.944. The fraction of sp³-hybridized carbons (Fsp3) is 0.467. The lowest BCUT2D eigenvalue weighted by Crippen LogP contribution is -2.43. The molecule has 214 valence electrons. The Kier molecular flexibility index (Phi) is 10.8. The highest BCUT2D eigenvalue weighted by Gasteiger charge is 2.21. The van der Waals surface area contributed by atoms with E-state index in [-0.39, 0.29) is 0 Å². The van der Waals surface area contributed by atoms with Crippen molar-refractivity contribution in [2.75, 3.05) is 50.9 Å². The molecule has 0 saturated carbocycles. The standard InChI is InChI=1S/C30H41N7O3/c1-36(2)27(38)21-37(19-7-6-12-24-14-13-23-11-8-17-31-28(23)33-24)20-16-25(30(39)40)34-26-15-18-32-29(35-26)22-9-4-3-5-10-22/h3-5,9-10,13-15,18,25,27,38H,6-8,11-12,16-17,19-21H2,1-2H3,(H,31,33)(H,39,40)(H,32,34,35)/t25-,27-/m0/s1. The van der Waals surface area contributed by atoms with Crippen LogP contribution in [0.5, 0.6) is 0 Å². The lowest BCUT2D eigenvalue weighted by molar-refractivity contribution is -0.138. The number of nitrogens with one attached hydrogen (secondary N) is 2. The zero-order valence-electron chi connectivity index (χ0n) is 23.5. The third kappa shape index (κ3) is 8.70. The molecule has 1 aliphatic rings. The van der Waals surface area contributed by atoms with E-state index in [4.69, 9.17) is 4.98 Å². The summed E-state index contributed by atoms with van der Waals surface area (Å²) in [5, 5.41) is 26.9. The van der Waals surface area contributed by atoms with Crippen LogP contribution in [0.25, 0.3) is 11.4 Å². The summed E-state index contributed by atoms with van der Waals surface area (Å²) in [5.74, 6) is 1.08. The second kappa shape index (κ2) is 14.7. The van der Waals surface area contributed by atoms with E-state index in [0.29, 0.717) is 31.2 Å². The molecule has 0 fully saturated rings. The molecule has 40 heavy (non-hydrogen) atoms. The number of pyridine rings is 1. The number of benzene rings is 1. The SMILES string of the molecule is CN(C)[C@@H](O)CN(CCCCc1ccc2c(n1)NCCC2)CC[C@H](Nc1ccnc(-c2ccccc2)n1)C(=O)O. The number of likely N-dealkylation sites (N-methyl/N-ethyl adjacent to an activating group) is 1. The molecule has 2 aromatic heterocycles. The summed E-state index contributed by atoms with van der Waals surface area (Å²) >= 11 is 0. The number of carbonyl (C=O) groups is 1. The molecule has 3 heterocycles. The van der Waals surface area contributed by atoms with Crippen molar-refractivity contribution in [2.45, 2.75) is 50.8 Å². The van der Waals surface area contributed by atoms with Gasteiger partial charge in [0.15, 0.2) is 5.82 Å². The van der Waals surface area contributed by atoms with E-state index in [2.05, 4.69) is 37.6 Å². The molecule has 0 saturated heterocycles. The van der Waals surface area contributed by atoms with E-state index in [9.17, 15) is 15.0 Å². The fourth-order valence-corrected chi connectivity index (χ4v) is 4.75. The van der Waals surface area contributed by atoms with Crippen LogP contribution in [0.3, 0.4) is 0 Å². The van der Waals surface area contributed by atoms with Gasteiger partial charge in [-0.1, -0.05) is 36.4 Å². The molecule has 2 atom stereocenters. The molecular weight excluding hydrogens is 506 g/mol. The van der Waals surface area contributed by atoms with E-state index in [0.717, 1.165) is 62.3 Å². The van der Waals surface area contributed by atoms with E-state index in [1.54, 1.807) is 17.2 Å². The van der Waals surface area contributed by atoms with Crippen LogP contribution in [-0.2, 0) is 17.6 Å². The van der Waals surface area contributed by atoms with Crippen LogP contribution >= 0.6 is 0 Å². The van der Waals surface area contributed by atoms with Gasteiger partial charge in [-0.25, -0.2) is 19.7 Å². The second-order valence-electron chi connectivity index (χ2n) is 10.5. The zero-order chi connectivity index (χ0) is 28.3. The Balaban J connectivity index is 1.32. The smallest absolute Gasteiger partial charge is 0.326 e. The first kappa shape index (κ1) is 29.4. The van der Waals surface area contributed by atoms with E-state index in [1.807, 2.05) is 44.4 Å². The maximum absolute atomic E-state index is 12.1. The van der Waals surface area contributed by atoms with Crippen molar-refractivity contribution in [1.82, 2.24) is 24.8 Å². The van der Waals surface area contributed by atoms with Gasteiger partial charge in [-0.2, -0.15) is 0 Å². The van der Waals surface area contributed by atoms with Crippen LogP contribution in [0.1, 0.15) is 36.9 Å². The van der Waals surface area contributed by atoms with E-state index >= 15 is 0 Å². The third-order valence-corrected chi connectivity index (χ3v) is 7.17. The van der Waals surface area contributed by atoms with Crippen molar-refractivity contribution < 1.29 is 15.0 Å². The number of anilines is 2. The molecule has 0 bridgehead atoms. The Morgan fingerprint density at radius 3 is 2.67 bits per heavy atom. The van der Waals surface area contributed by atoms with Crippen LogP contribution < -0.4 is 10.6 Å². The summed E-state index contributed by atoms with van der Waals surface area (Å²) in [5.41, 5.74) is 3.24. The largest absolute Gasteiger partial charge is 0.480 e. The topological polar surface area (TPSA) is 127 Å². The maximum Gasteiger partial charge on any atom is 0.326 e. The lowest BCUT2D eigenvalue weighted by atomic mass is 10.1. The van der Waals surface area contributed by atoms with Gasteiger partial charge in [-0.3, -0.25) is 9.80 Å². The third-order valence-electron chi connectivity index (χ3n) is 7.17. The number of hydrogen-bond donors (Lipinski definition) is 4. The van der Waals surface area contributed by atoms with Gasteiger partial charge in [0.05, 0.1) is 0 Å². The van der Waals surface area contributed by atoms with Gasteiger partial charge in [0, 0.05) is 37.1 Å². The summed E-state index contributed by atoms with van der Waals surface area (Å²) in [6.07, 6.45) is 6.34. The number of aromatic nitrogens is 3. The number of unbranched alkanes of at least 4 members (excludes halogenated alkanes) is 1. The number of aryl methyl sites for hydroxylation is 2. The summed E-state index contributed by atoms with van der Waals surface area (Å²) in [7, 11) is 3.67. The van der Waals surface area contributed by atoms with Crippen LogP contribution in [0.15, 0.2) is 54.7 Å². The quantitative estimate of drug-likeness (QED) is 0.166. The molecule has 4 rings (SSSR count). The highest BCUT2D eigenvalue weighted by Crippen LogP contribution is 2.21. The first-order chi connectivity index (χ1) is 19.4. The van der Waals surface area contributed by atoms with Gasteiger partial charge in [0.1, 0.15) is 23.9 Å². The van der Waals surface area contributed by atoms with Crippen molar-refractivity contribution in [1.29, 1.82) is 0 Å². The van der Waals surface area contributed by atoms with Gasteiger partial charge < -0.3 is 20.8 Å². The van der Waals surface area contributed by atoms with Crippen LogP contribution in [0, 0.1) is 0 Å². The minimum absolute atomic E-state index is 0.359. The predicted molar refractivity (Wildman–Crippen MR) is 157 cm³/mol. The fourth-order valence-electron chi connectivity index (χ4n) is 4.75. The van der Waals surface area contributed by atoms with Crippen molar-refractivity contribution in [3.8, 4) is 11.4 Å². The molecule has 1 aromatic carbocycles. The molecule has 0 radical (unpaired) electrons. The Labute approximate surface area is 236 Å². The van der Waals surface area contributed by atoms with Crippen LogP contribution in [0.4, 0.5) is 11.6 Å². The van der Waals surface area contributed by atoms with Gasteiger partial charge in [0.25, 0.3) is 0 Å². The van der Waals surface area contributed by atoms with Gasteiger partial charge in [-0.15, -0.1) is 0 Å². The highest BCUT2D eigenvalue weighted by atomic mass is 16.4. The number of aliphatic hydroxyl groups is 1. The van der Waals surface area contributed by atoms with Crippen LogP contribution in [0.2, 0.25) is 0 Å². The monoisotopic (exact) mass is 547 g/mol. The number of aliphatic carboxylic acids is 1. The Hall–Kier alpha value is -3.60. The molecule has 0 spiro atoms. The number of carboxylic acids is 1. The van der Waals surface area contributed by atoms with Crippen molar-refractivity contribution in [2.24, 2.45) is 0 Å². The minimum Gasteiger partial charge on any atom is -0.480 e. The number of carboxylic acid groups (broad SMARTS) is 1. The Morgan fingerprint density at radius 1 is 1.07 bits per heavy atom. The van der Waals surface area contributed by atoms with Gasteiger partial charge in [-0.05, 0) is 76.9 Å². The van der Waals surface area contributed by atoms with E-state index in [1.165, 1.54) is 5.56 Å². The van der Waals surface area contributed by atoms with E-state index < -0.39 is 18.2 Å².